The van der Waals surface area contributed by atoms with E-state index >= 15 is 0 Å². The number of H-pyrrole nitrogens is 9. The number of nitrogens with one attached hydrogen (secondary N) is 9. The minimum atomic E-state index is -4.45. The summed E-state index contributed by atoms with van der Waals surface area (Å²) in [5.74, 6) is 3.37. The number of benzene rings is 10. The lowest BCUT2D eigenvalue weighted by atomic mass is 9.76. The van der Waals surface area contributed by atoms with Gasteiger partial charge in [0.15, 0.2) is 0 Å². The van der Waals surface area contributed by atoms with Crippen molar-refractivity contribution >= 4 is 46.4 Å². The Bertz CT molecular complexity index is 7580. The third-order valence-electron chi connectivity index (χ3n) is 29.8. The van der Waals surface area contributed by atoms with E-state index in [1.165, 1.54) is 44.0 Å². The predicted octanol–water partition coefficient (Wildman–Crippen LogP) is 24.4. The molecule has 15 aromatic rings. The SMILES string of the molecule is Cc1cccc(Cc2c(C3CCC(c4ccccc4)CC3)[nH]c(=O)[nH]c2=O)c1.Cn1c(=O)[nH]c(C2CCC(c3ccccc3)CC2)c(Cc2ccccc2)c1=O.O=c1[nH]c(C2CCC(c3ccccc3)CC2)c(Cc2cc(Cl)ccc2Cl)c(=O)[nH]1.O=c1[nH]c(C2CCC(c3ccccc3)CC2)c(Cc2ccc(Cl)cc2Cl)c(=O)[nH]1.O=c1[nH]c(C2CCC(c3ccccc3)CC2)c(Cc2cccc(C(F)(F)F)c2)c(=O)[nH]1. The van der Waals surface area contributed by atoms with Gasteiger partial charge in [-0.1, -0.05) is 282 Å². The number of alkyl halides is 3. The Hall–Kier alpha value is -13.5. The van der Waals surface area contributed by atoms with Crippen LogP contribution in [0.1, 0.15) is 311 Å². The van der Waals surface area contributed by atoms with Gasteiger partial charge in [0.2, 0.25) is 0 Å². The normalized spacial score (nSPS) is 19.3. The van der Waals surface area contributed by atoms with Crippen molar-refractivity contribution in [3.63, 3.8) is 0 Å². The number of hydrogen-bond donors (Lipinski definition) is 9. The Morgan fingerprint density at radius 2 is 0.552 bits per heavy atom. The monoisotopic (exact) mass is 2030 g/mol. The Morgan fingerprint density at radius 1 is 0.269 bits per heavy atom. The highest BCUT2D eigenvalue weighted by molar-refractivity contribution is 6.35. The summed E-state index contributed by atoms with van der Waals surface area (Å²) in [6.45, 7) is 2.05. The van der Waals surface area contributed by atoms with Crippen LogP contribution in [-0.4, -0.2) is 49.4 Å². The Kier molecular flexibility index (Phi) is 35.2. The van der Waals surface area contributed by atoms with E-state index in [-0.39, 0.29) is 63.9 Å². The molecule has 5 heterocycles. The van der Waals surface area contributed by atoms with E-state index in [4.69, 9.17) is 46.4 Å². The molecule has 0 spiro atoms. The molecule has 5 fully saturated rings. The van der Waals surface area contributed by atoms with Crippen molar-refractivity contribution in [2.75, 3.05) is 0 Å². The second kappa shape index (κ2) is 49.0. The molecule has 5 aliphatic carbocycles. The van der Waals surface area contributed by atoms with Gasteiger partial charge < -0.3 is 24.9 Å². The molecule has 9 N–H and O–H groups in total. The van der Waals surface area contributed by atoms with Crippen LogP contribution in [-0.2, 0) is 45.3 Å². The minimum absolute atomic E-state index is 0.00392. The van der Waals surface area contributed by atoms with Gasteiger partial charge in [0.1, 0.15) is 0 Å². The van der Waals surface area contributed by atoms with Crippen molar-refractivity contribution in [3.05, 3.63) is 514 Å². The fourth-order valence-corrected chi connectivity index (χ4v) is 23.1. The summed E-state index contributed by atoms with van der Waals surface area (Å²) in [5, 5.41) is 2.18. The van der Waals surface area contributed by atoms with E-state index in [0.717, 1.165) is 191 Å². The van der Waals surface area contributed by atoms with Crippen molar-refractivity contribution in [2.45, 2.75) is 233 Å². The van der Waals surface area contributed by atoms with Crippen LogP contribution in [0, 0.1) is 6.92 Å². The number of aryl methyl sites for hydroxylation is 1. The van der Waals surface area contributed by atoms with Crippen molar-refractivity contribution < 1.29 is 13.2 Å². The highest BCUT2D eigenvalue weighted by atomic mass is 35.5. The quantitative estimate of drug-likeness (QED) is 0.0347. The molecule has 0 radical (unpaired) electrons. The molecule has 20 nitrogen and oxygen atoms in total. The summed E-state index contributed by atoms with van der Waals surface area (Å²) >= 11 is 24.7. The molecule has 5 aliphatic rings. The Labute approximate surface area is 857 Å². The third-order valence-corrected chi connectivity index (χ3v) is 31.0. The van der Waals surface area contributed by atoms with Gasteiger partial charge in [0.25, 0.3) is 27.8 Å². The lowest BCUT2D eigenvalue weighted by Gasteiger charge is -2.30. The van der Waals surface area contributed by atoms with Crippen molar-refractivity contribution in [1.82, 2.24) is 49.4 Å². The molecule has 0 aliphatic heterocycles. The van der Waals surface area contributed by atoms with Crippen LogP contribution in [0.4, 0.5) is 13.2 Å². The molecule has 20 rings (SSSR count). The minimum Gasteiger partial charge on any atom is -0.311 e. The molecule has 5 saturated carbocycles. The van der Waals surface area contributed by atoms with Crippen molar-refractivity contribution in [1.29, 1.82) is 0 Å². The average Bonchev–Trinajstić information content (AvgIpc) is 0.778. The first kappa shape index (κ1) is 104. The Balaban J connectivity index is 0.000000130. The number of hydrogen-bond acceptors (Lipinski definition) is 10. The highest BCUT2D eigenvalue weighted by Crippen LogP contribution is 2.47. The van der Waals surface area contributed by atoms with Gasteiger partial charge in [-0.25, -0.2) is 24.0 Å². The second-order valence-corrected chi connectivity index (χ2v) is 40.9. The molecule has 0 saturated heterocycles. The molecule has 750 valence electrons. The fourth-order valence-electron chi connectivity index (χ4n) is 22.2. The first-order valence-corrected chi connectivity index (χ1v) is 51.7. The lowest BCUT2D eigenvalue weighted by molar-refractivity contribution is -0.137. The van der Waals surface area contributed by atoms with Gasteiger partial charge in [0, 0.05) is 116 Å². The third kappa shape index (κ3) is 27.4. The molecular weight excluding hydrogens is 1920 g/mol. The van der Waals surface area contributed by atoms with Crippen LogP contribution in [0.15, 0.2) is 315 Å². The topological polar surface area (TPSA) is 318 Å². The molecule has 10 aromatic carbocycles. The first-order chi connectivity index (χ1) is 70.1. The fraction of sp³-hybridized carbons (Fsp3) is 0.322. The van der Waals surface area contributed by atoms with E-state index in [0.29, 0.717) is 109 Å². The van der Waals surface area contributed by atoms with Gasteiger partial charge in [-0.2, -0.15) is 13.2 Å². The summed E-state index contributed by atoms with van der Waals surface area (Å²) in [4.78, 5) is 148. The van der Waals surface area contributed by atoms with E-state index in [1.54, 1.807) is 43.4 Å². The maximum Gasteiger partial charge on any atom is 0.416 e. The van der Waals surface area contributed by atoms with Crippen LogP contribution in [0.3, 0.4) is 0 Å². The number of rotatable bonds is 20. The molecule has 145 heavy (non-hydrogen) atoms. The summed E-state index contributed by atoms with van der Waals surface area (Å²) in [7, 11) is 1.55. The number of aromatic amines is 9. The maximum atomic E-state index is 13.1. The van der Waals surface area contributed by atoms with Crippen LogP contribution < -0.4 is 56.2 Å². The van der Waals surface area contributed by atoms with Gasteiger partial charge in [-0.3, -0.25) is 48.5 Å². The zero-order valence-electron chi connectivity index (χ0n) is 81.0. The summed E-state index contributed by atoms with van der Waals surface area (Å²) in [6, 6.07) is 86.2. The van der Waals surface area contributed by atoms with E-state index in [1.807, 2.05) is 97.9 Å². The Morgan fingerprint density at radius 3 is 0.890 bits per heavy atom. The zero-order valence-corrected chi connectivity index (χ0v) is 84.1. The zero-order chi connectivity index (χ0) is 102. The molecule has 5 aromatic heterocycles. The van der Waals surface area contributed by atoms with Crippen molar-refractivity contribution in [2.24, 2.45) is 7.05 Å². The first-order valence-electron chi connectivity index (χ1n) is 50.2. The lowest BCUT2D eigenvalue weighted by Crippen LogP contribution is -2.37. The van der Waals surface area contributed by atoms with E-state index < -0.39 is 40.1 Å². The van der Waals surface area contributed by atoms with Gasteiger partial charge in [-0.05, 0) is 287 Å². The van der Waals surface area contributed by atoms with Gasteiger partial charge >= 0.3 is 34.6 Å². The second-order valence-electron chi connectivity index (χ2n) is 39.2. The number of nitrogens with zero attached hydrogens (tertiary/aromatic N) is 1. The molecule has 0 atom stereocenters. The molecule has 0 amide bonds. The molecule has 0 unspecified atom stereocenters. The summed E-state index contributed by atoms with van der Waals surface area (Å²) in [5.41, 5.74) is 14.1. The molecule has 0 bridgehead atoms. The standard InChI is InChI=1S/C24H23F3N2O2.2C24H26N2O2.2C23H22Cl2N2O2/c25-24(26,27)19-8-4-5-15(13-19)14-20-21(28-23(31)29-22(20)30)18-11-9-17(10-12-18)16-6-2-1-3-7-16;1-26-23(27)21(16-17-8-4-2-5-9-17)22(25-24(26)28)20-14-12-19(13-15-20)18-10-6-3-7-11-18;1-16-6-5-7-17(14-16)15-21-22(25-24(28)26-23(21)27)20-12-10-19(11-13-20)18-8-3-2-4-9-18;24-18-10-11-20(25)17(12-18)13-19-21(26-23(29)27-22(19)28)16-8-6-15(7-9-16)14-4-2-1-3-5-14;24-18-11-10-17(20(25)13-18)12-19-21(26-23(29)27-22(19)28)16-8-6-15(7-9-16)14-4-2-1-3-5-14/h1-8,13,17-18H,9-12,14H2,(H2,28,29,30,31);2-11,19-20H,12-16H2,1H3,(H,25,28);2-9,14,19-20H,10-13,15H2,1H3,(H2,25,26,27,28);1-5,10-12,15-16H,6-9,13H2,(H2,26,27,28,29);1-5,10-11,13,15-16H,6-9,12H2,(H2,26,27,28,29). The van der Waals surface area contributed by atoms with Gasteiger partial charge in [0.05, 0.1) is 5.56 Å². The van der Waals surface area contributed by atoms with Crippen molar-refractivity contribution in [3.8, 4) is 0 Å². The summed E-state index contributed by atoms with van der Waals surface area (Å²) < 4.78 is 40.4. The molecule has 27 heteroatoms. The van der Waals surface area contributed by atoms with Crippen LogP contribution >= 0.6 is 46.4 Å². The predicted molar refractivity (Wildman–Crippen MR) is 571 cm³/mol. The van der Waals surface area contributed by atoms with E-state index in [9.17, 15) is 61.1 Å². The van der Waals surface area contributed by atoms with Gasteiger partial charge in [-0.15, -0.1) is 0 Å². The van der Waals surface area contributed by atoms with Crippen LogP contribution in [0.2, 0.25) is 20.1 Å². The average molecular weight is 2040 g/mol. The van der Waals surface area contributed by atoms with E-state index in [2.05, 4.69) is 166 Å². The highest BCUT2D eigenvalue weighted by Gasteiger charge is 2.36. The number of halogens is 7. The molecular formula is C118H119Cl4F3N10O10. The van der Waals surface area contributed by atoms with Crippen LogP contribution in [0.5, 0.6) is 0 Å². The summed E-state index contributed by atoms with van der Waals surface area (Å²) in [6.07, 6.45) is 16.9. The van der Waals surface area contributed by atoms with Crippen LogP contribution in [0.25, 0.3) is 0 Å². The number of aromatic nitrogens is 10. The smallest absolute Gasteiger partial charge is 0.311 e. The largest absolute Gasteiger partial charge is 0.416 e. The maximum absolute atomic E-state index is 13.1.